The number of nitrogens with zero attached hydrogens (tertiary/aromatic N) is 2. The zero-order valence-electron chi connectivity index (χ0n) is 15.1. The smallest absolute Gasteiger partial charge is 0.338 e. The summed E-state index contributed by atoms with van der Waals surface area (Å²) in [7, 11) is 0. The minimum absolute atomic E-state index is 0.284. The Bertz CT molecular complexity index is 928. The maximum absolute atomic E-state index is 12.2. The summed E-state index contributed by atoms with van der Waals surface area (Å²) in [4.78, 5) is 16.9. The van der Waals surface area contributed by atoms with Crippen LogP contribution in [-0.4, -0.2) is 22.0 Å². The van der Waals surface area contributed by atoms with Gasteiger partial charge >= 0.3 is 5.97 Å². The van der Waals surface area contributed by atoms with Crippen molar-refractivity contribution in [2.24, 2.45) is 0 Å². The van der Waals surface area contributed by atoms with E-state index in [-0.39, 0.29) is 5.97 Å². The number of carbonyl (C=O) groups excluding carboxylic acids is 1. The number of esters is 1. The Morgan fingerprint density at radius 1 is 1.20 bits per heavy atom. The number of imidazole rings is 1. The molecule has 1 aromatic carbocycles. The first-order valence-electron chi connectivity index (χ1n) is 8.46. The number of carbonyl (C=O) groups is 1. The Balaban J connectivity index is 1.92. The van der Waals surface area contributed by atoms with Crippen molar-refractivity contribution in [3.8, 4) is 0 Å². The Labute approximate surface area is 147 Å². The Morgan fingerprint density at radius 3 is 2.76 bits per heavy atom. The van der Waals surface area contributed by atoms with Crippen LogP contribution in [-0.2, 0) is 11.3 Å². The van der Waals surface area contributed by atoms with Crippen molar-refractivity contribution in [2.45, 2.75) is 34.2 Å². The third-order valence-corrected chi connectivity index (χ3v) is 4.49. The van der Waals surface area contributed by atoms with Crippen molar-refractivity contribution < 1.29 is 9.53 Å². The van der Waals surface area contributed by atoms with E-state index in [1.807, 2.05) is 57.3 Å². The minimum atomic E-state index is -0.284. The van der Waals surface area contributed by atoms with E-state index < -0.39 is 0 Å². The van der Waals surface area contributed by atoms with E-state index in [0.29, 0.717) is 18.7 Å². The monoisotopic (exact) mass is 337 g/mol. The summed E-state index contributed by atoms with van der Waals surface area (Å²) in [5.74, 6) is -0.284. The van der Waals surface area contributed by atoms with Crippen LogP contribution in [0.15, 0.2) is 36.5 Å². The summed E-state index contributed by atoms with van der Waals surface area (Å²) < 4.78 is 7.25. The number of fused-ring (bicyclic) bond motifs is 1. The second-order valence-electron chi connectivity index (χ2n) is 6.07. The highest BCUT2D eigenvalue weighted by Crippen LogP contribution is 2.22. The van der Waals surface area contributed by atoms with Crippen molar-refractivity contribution in [1.29, 1.82) is 0 Å². The number of aromatic nitrogens is 2. The van der Waals surface area contributed by atoms with Crippen LogP contribution < -0.4 is 5.32 Å². The summed E-state index contributed by atoms with van der Waals surface area (Å²) in [5.41, 5.74) is 6.58. The summed E-state index contributed by atoms with van der Waals surface area (Å²) >= 11 is 0. The lowest BCUT2D eigenvalue weighted by Crippen LogP contribution is -2.12. The molecule has 2 aromatic heterocycles. The molecule has 1 N–H and O–H groups in total. The quantitative estimate of drug-likeness (QED) is 0.714. The van der Waals surface area contributed by atoms with Gasteiger partial charge in [-0.05, 0) is 57.0 Å². The normalized spacial score (nSPS) is 10.9. The molecule has 0 atom stereocenters. The zero-order chi connectivity index (χ0) is 18.0. The number of hydrogen-bond donors (Lipinski definition) is 1. The third-order valence-electron chi connectivity index (χ3n) is 4.49. The lowest BCUT2D eigenvalue weighted by atomic mass is 10.0. The minimum Gasteiger partial charge on any atom is -0.462 e. The van der Waals surface area contributed by atoms with Gasteiger partial charge in [-0.25, -0.2) is 9.78 Å². The molecule has 2 heterocycles. The van der Waals surface area contributed by atoms with E-state index in [4.69, 9.17) is 4.74 Å². The average Bonchev–Trinajstić information content (AvgIpc) is 2.89. The van der Waals surface area contributed by atoms with Gasteiger partial charge in [-0.1, -0.05) is 12.1 Å². The highest BCUT2D eigenvalue weighted by Gasteiger charge is 2.15. The fourth-order valence-corrected chi connectivity index (χ4v) is 2.96. The molecule has 0 saturated heterocycles. The maximum Gasteiger partial charge on any atom is 0.338 e. The van der Waals surface area contributed by atoms with Gasteiger partial charge in [0.15, 0.2) is 5.65 Å². The summed E-state index contributed by atoms with van der Waals surface area (Å²) in [6.07, 6.45) is 2.01. The first kappa shape index (κ1) is 17.0. The molecular weight excluding hydrogens is 314 g/mol. The molecule has 0 saturated carbocycles. The van der Waals surface area contributed by atoms with Crippen LogP contribution in [0, 0.1) is 20.8 Å². The van der Waals surface area contributed by atoms with Gasteiger partial charge in [0.2, 0.25) is 0 Å². The van der Waals surface area contributed by atoms with Crippen LogP contribution in [0.25, 0.3) is 5.65 Å². The number of benzene rings is 1. The van der Waals surface area contributed by atoms with Crippen molar-refractivity contribution in [3.05, 3.63) is 64.6 Å². The third kappa shape index (κ3) is 3.22. The van der Waals surface area contributed by atoms with E-state index >= 15 is 0 Å². The number of rotatable bonds is 5. The summed E-state index contributed by atoms with van der Waals surface area (Å²) in [6.45, 7) is 8.78. The molecule has 3 aromatic rings. The lowest BCUT2D eigenvalue weighted by Gasteiger charge is -2.14. The van der Waals surface area contributed by atoms with Crippen molar-refractivity contribution in [1.82, 2.24) is 9.38 Å². The van der Waals surface area contributed by atoms with Gasteiger partial charge in [0.1, 0.15) is 0 Å². The van der Waals surface area contributed by atoms with E-state index in [1.165, 1.54) is 0 Å². The summed E-state index contributed by atoms with van der Waals surface area (Å²) in [6, 6.07) is 9.70. The van der Waals surface area contributed by atoms with Crippen LogP contribution in [0.4, 0.5) is 5.69 Å². The molecule has 130 valence electrons. The van der Waals surface area contributed by atoms with Gasteiger partial charge < -0.3 is 14.5 Å². The molecule has 0 aliphatic rings. The van der Waals surface area contributed by atoms with E-state index in [9.17, 15) is 4.79 Å². The van der Waals surface area contributed by atoms with Gasteiger partial charge in [-0.2, -0.15) is 0 Å². The molecular formula is C20H23N3O2. The highest BCUT2D eigenvalue weighted by atomic mass is 16.5. The topological polar surface area (TPSA) is 55.6 Å². The molecule has 0 spiro atoms. The largest absolute Gasteiger partial charge is 0.462 e. The van der Waals surface area contributed by atoms with Gasteiger partial charge in [0.05, 0.1) is 23.6 Å². The first-order valence-corrected chi connectivity index (χ1v) is 8.46. The molecule has 0 aliphatic heterocycles. The maximum atomic E-state index is 12.2. The number of pyridine rings is 1. The number of nitrogens with one attached hydrogen (secondary N) is 1. The molecule has 0 fully saturated rings. The molecule has 25 heavy (non-hydrogen) atoms. The predicted molar refractivity (Wildman–Crippen MR) is 99.1 cm³/mol. The molecule has 5 heteroatoms. The SMILES string of the molecule is CCOC(=O)c1cccc(C)c1CNc1cccn2c(C)c(C)nc12. The second kappa shape index (κ2) is 6.97. The van der Waals surface area contributed by atoms with Crippen LogP contribution in [0.3, 0.4) is 0 Å². The van der Waals surface area contributed by atoms with Crippen molar-refractivity contribution >= 4 is 17.3 Å². The number of ether oxygens (including phenoxy) is 1. The van der Waals surface area contributed by atoms with Crippen molar-refractivity contribution in [2.75, 3.05) is 11.9 Å². The lowest BCUT2D eigenvalue weighted by molar-refractivity contribution is 0.0525. The van der Waals surface area contributed by atoms with Gasteiger partial charge in [-0.15, -0.1) is 0 Å². The molecule has 0 aliphatic carbocycles. The van der Waals surface area contributed by atoms with Crippen LogP contribution in [0.2, 0.25) is 0 Å². The van der Waals surface area contributed by atoms with Crippen molar-refractivity contribution in [3.63, 3.8) is 0 Å². The highest BCUT2D eigenvalue weighted by molar-refractivity contribution is 5.91. The molecule has 0 amide bonds. The molecule has 3 rings (SSSR count). The van der Waals surface area contributed by atoms with Gasteiger partial charge in [-0.3, -0.25) is 0 Å². The number of hydrogen-bond acceptors (Lipinski definition) is 4. The first-order chi connectivity index (χ1) is 12.0. The number of aryl methyl sites for hydroxylation is 3. The number of anilines is 1. The predicted octanol–water partition coefficient (Wildman–Crippen LogP) is 4.05. The zero-order valence-corrected chi connectivity index (χ0v) is 15.1. The van der Waals surface area contributed by atoms with E-state index in [1.54, 1.807) is 0 Å². The second-order valence-corrected chi connectivity index (χ2v) is 6.07. The Kier molecular flexibility index (Phi) is 4.74. The molecule has 0 radical (unpaired) electrons. The Hall–Kier alpha value is -2.82. The van der Waals surface area contributed by atoms with Crippen LogP contribution in [0.5, 0.6) is 0 Å². The van der Waals surface area contributed by atoms with E-state index in [2.05, 4.69) is 21.6 Å². The molecule has 0 bridgehead atoms. The average molecular weight is 337 g/mol. The summed E-state index contributed by atoms with van der Waals surface area (Å²) in [5, 5.41) is 3.43. The fraction of sp³-hybridized carbons (Fsp3) is 0.300. The van der Waals surface area contributed by atoms with Crippen LogP contribution >= 0.6 is 0 Å². The van der Waals surface area contributed by atoms with E-state index in [0.717, 1.165) is 33.8 Å². The van der Waals surface area contributed by atoms with Crippen LogP contribution in [0.1, 0.15) is 39.8 Å². The van der Waals surface area contributed by atoms with Gasteiger partial charge in [0.25, 0.3) is 0 Å². The fourth-order valence-electron chi connectivity index (χ4n) is 2.96. The molecule has 5 nitrogen and oxygen atoms in total. The standard InChI is InChI=1S/C20H23N3O2/c1-5-25-20(24)16-9-6-8-13(2)17(16)12-21-18-10-7-11-23-15(4)14(3)22-19(18)23/h6-11,21H,5,12H2,1-4H3. The Morgan fingerprint density at radius 2 is 2.00 bits per heavy atom. The van der Waals surface area contributed by atoms with Gasteiger partial charge in [0, 0.05) is 18.4 Å². The molecule has 0 unspecified atom stereocenters.